The highest BCUT2D eigenvalue weighted by atomic mass is 16.7. The van der Waals surface area contributed by atoms with Crippen molar-refractivity contribution in [2.45, 2.75) is 5.60 Å². The van der Waals surface area contributed by atoms with E-state index in [1.807, 2.05) is 60.7 Å². The summed E-state index contributed by atoms with van der Waals surface area (Å²) in [6.45, 7) is 3.75. The zero-order valence-corrected chi connectivity index (χ0v) is 10.3. The van der Waals surface area contributed by atoms with Crippen molar-refractivity contribution in [1.82, 2.24) is 0 Å². The fourth-order valence-corrected chi connectivity index (χ4v) is 2.07. The molecule has 2 aromatic rings. The monoisotopic (exact) mass is 254 g/mol. The van der Waals surface area contributed by atoms with Crippen LogP contribution in [0.15, 0.2) is 73.3 Å². The quantitative estimate of drug-likeness (QED) is 0.666. The van der Waals surface area contributed by atoms with Crippen molar-refractivity contribution < 1.29 is 14.6 Å². The van der Waals surface area contributed by atoms with Gasteiger partial charge < -0.3 is 9.84 Å². The van der Waals surface area contributed by atoms with E-state index in [-0.39, 0.29) is 0 Å². The number of carboxylic acid groups (broad SMARTS) is 1. The van der Waals surface area contributed by atoms with Gasteiger partial charge in [-0.2, -0.15) is 0 Å². The summed E-state index contributed by atoms with van der Waals surface area (Å²) in [6.07, 6.45) is 0.166. The van der Waals surface area contributed by atoms with Crippen LogP contribution in [0.1, 0.15) is 11.1 Å². The first-order valence-electron chi connectivity index (χ1n) is 5.85. The first kappa shape index (κ1) is 12.9. The molecule has 0 fully saturated rings. The Hall–Kier alpha value is -2.55. The number of benzene rings is 2. The molecule has 2 aromatic carbocycles. The summed E-state index contributed by atoms with van der Waals surface area (Å²) in [5.74, 6) is 0. The van der Waals surface area contributed by atoms with Crippen molar-refractivity contribution in [3.63, 3.8) is 0 Å². The molecule has 0 aliphatic heterocycles. The molecule has 0 unspecified atom stereocenters. The van der Waals surface area contributed by atoms with Crippen LogP contribution in [0.25, 0.3) is 0 Å². The fraction of sp³-hybridized carbons (Fsp3) is 0.0625. The number of carbonyl (C=O) groups is 1. The van der Waals surface area contributed by atoms with E-state index >= 15 is 0 Å². The normalized spacial score (nSPS) is 10.7. The average Bonchev–Trinajstić information content (AvgIpc) is 2.46. The van der Waals surface area contributed by atoms with Gasteiger partial charge in [-0.25, -0.2) is 4.79 Å². The van der Waals surface area contributed by atoms with Crippen LogP contribution in [-0.4, -0.2) is 11.3 Å². The molecular weight excluding hydrogens is 240 g/mol. The maximum atomic E-state index is 11.1. The van der Waals surface area contributed by atoms with E-state index in [0.29, 0.717) is 0 Å². The van der Waals surface area contributed by atoms with Crippen molar-refractivity contribution in [3.05, 3.63) is 84.4 Å². The van der Waals surface area contributed by atoms with Crippen LogP contribution in [0.2, 0.25) is 0 Å². The Morgan fingerprint density at radius 1 is 1.00 bits per heavy atom. The maximum absolute atomic E-state index is 11.1. The van der Waals surface area contributed by atoms with E-state index in [9.17, 15) is 4.79 Å². The predicted octanol–water partition coefficient (Wildman–Crippen LogP) is 3.81. The zero-order valence-electron chi connectivity index (χ0n) is 10.3. The highest BCUT2D eigenvalue weighted by Gasteiger charge is 2.35. The third-order valence-corrected chi connectivity index (χ3v) is 2.94. The first-order valence-corrected chi connectivity index (χ1v) is 5.85. The number of hydrogen-bond donors (Lipinski definition) is 1. The Morgan fingerprint density at radius 3 is 1.74 bits per heavy atom. The second-order valence-corrected chi connectivity index (χ2v) is 4.04. The number of rotatable bonds is 4. The van der Waals surface area contributed by atoms with Crippen LogP contribution in [-0.2, 0) is 10.3 Å². The van der Waals surface area contributed by atoms with Crippen LogP contribution in [0.3, 0.4) is 0 Å². The minimum atomic E-state index is -1.34. The molecule has 0 radical (unpaired) electrons. The van der Waals surface area contributed by atoms with Crippen LogP contribution >= 0.6 is 0 Å². The molecular formula is C16H14O3. The Labute approximate surface area is 111 Å². The predicted molar refractivity (Wildman–Crippen MR) is 73.0 cm³/mol. The molecule has 19 heavy (non-hydrogen) atoms. The molecule has 0 atom stereocenters. The molecule has 96 valence electrons. The van der Waals surface area contributed by atoms with E-state index in [1.165, 1.54) is 6.08 Å². The summed E-state index contributed by atoms with van der Waals surface area (Å²) in [6, 6.07) is 18.3. The first-order chi connectivity index (χ1) is 9.19. The lowest BCUT2D eigenvalue weighted by Gasteiger charge is -2.30. The highest BCUT2D eigenvalue weighted by Crippen LogP contribution is 2.34. The number of hydrogen-bond acceptors (Lipinski definition) is 2. The van der Waals surface area contributed by atoms with Crippen molar-refractivity contribution in [1.29, 1.82) is 0 Å². The van der Waals surface area contributed by atoms with Crippen LogP contribution < -0.4 is 0 Å². The largest absolute Gasteiger partial charge is 0.507 e. The molecule has 0 aromatic heterocycles. The van der Waals surface area contributed by atoms with E-state index in [0.717, 1.165) is 11.1 Å². The third-order valence-electron chi connectivity index (χ3n) is 2.94. The molecule has 1 N–H and O–H groups in total. The van der Waals surface area contributed by atoms with Crippen molar-refractivity contribution in [3.8, 4) is 0 Å². The summed E-state index contributed by atoms with van der Waals surface area (Å²) in [5.41, 5.74) is 0.256. The van der Waals surface area contributed by atoms with Crippen LogP contribution in [0.4, 0.5) is 4.79 Å². The second kappa shape index (κ2) is 5.40. The maximum Gasteiger partial charge on any atom is 0.507 e. The Morgan fingerprint density at radius 2 is 1.42 bits per heavy atom. The molecule has 0 spiro atoms. The van der Waals surface area contributed by atoms with Gasteiger partial charge in [-0.3, -0.25) is 0 Å². The molecule has 0 heterocycles. The minimum Gasteiger partial charge on any atom is -0.450 e. The minimum absolute atomic E-state index is 0.721. The van der Waals surface area contributed by atoms with Gasteiger partial charge in [-0.15, -0.1) is 0 Å². The van der Waals surface area contributed by atoms with Crippen molar-refractivity contribution in [2.24, 2.45) is 0 Å². The second-order valence-electron chi connectivity index (χ2n) is 4.04. The van der Waals surface area contributed by atoms with E-state index in [2.05, 4.69) is 6.58 Å². The van der Waals surface area contributed by atoms with Gasteiger partial charge in [-0.1, -0.05) is 67.2 Å². The molecule has 0 amide bonds. The fourth-order valence-electron chi connectivity index (χ4n) is 2.07. The Balaban J connectivity index is 2.61. The van der Waals surface area contributed by atoms with Gasteiger partial charge in [0.15, 0.2) is 5.60 Å². The SMILES string of the molecule is C=CC(OC(=O)O)(c1ccccc1)c1ccccc1. The van der Waals surface area contributed by atoms with Crippen LogP contribution in [0, 0.1) is 0 Å². The van der Waals surface area contributed by atoms with Gasteiger partial charge in [0.05, 0.1) is 0 Å². The summed E-state index contributed by atoms with van der Waals surface area (Å²) < 4.78 is 5.16. The van der Waals surface area contributed by atoms with Gasteiger partial charge in [0.2, 0.25) is 0 Å². The molecule has 0 saturated carbocycles. The molecule has 0 aliphatic carbocycles. The average molecular weight is 254 g/mol. The Bertz CT molecular complexity index is 522. The van der Waals surface area contributed by atoms with E-state index in [1.54, 1.807) is 0 Å². The highest BCUT2D eigenvalue weighted by molar-refractivity contribution is 5.60. The van der Waals surface area contributed by atoms with Crippen molar-refractivity contribution >= 4 is 6.16 Å². The molecule has 2 rings (SSSR count). The third kappa shape index (κ3) is 2.50. The summed E-state index contributed by atoms with van der Waals surface area (Å²) >= 11 is 0. The molecule has 0 saturated heterocycles. The van der Waals surface area contributed by atoms with Gasteiger partial charge in [0, 0.05) is 11.1 Å². The lowest BCUT2D eigenvalue weighted by molar-refractivity contribution is 0.0301. The molecule has 3 heteroatoms. The van der Waals surface area contributed by atoms with Gasteiger partial charge in [0.1, 0.15) is 0 Å². The Kier molecular flexibility index (Phi) is 3.66. The standard InChI is InChI=1S/C16H14O3/c1-2-16(19-15(17)18,13-9-5-3-6-10-13)14-11-7-4-8-12-14/h2-12H,1H2,(H,17,18). The van der Waals surface area contributed by atoms with E-state index in [4.69, 9.17) is 9.84 Å². The zero-order chi connectivity index (χ0) is 13.7. The van der Waals surface area contributed by atoms with E-state index < -0.39 is 11.8 Å². The van der Waals surface area contributed by atoms with Crippen molar-refractivity contribution in [2.75, 3.05) is 0 Å². The molecule has 0 aliphatic rings. The topological polar surface area (TPSA) is 46.5 Å². The van der Waals surface area contributed by atoms with Gasteiger partial charge >= 0.3 is 6.16 Å². The molecule has 0 bridgehead atoms. The number of ether oxygens (including phenoxy) is 1. The summed E-state index contributed by atoms with van der Waals surface area (Å²) in [7, 11) is 0. The van der Waals surface area contributed by atoms with Gasteiger partial charge in [0.25, 0.3) is 0 Å². The lowest BCUT2D eigenvalue weighted by Crippen LogP contribution is -2.31. The smallest absolute Gasteiger partial charge is 0.450 e. The molecule has 3 nitrogen and oxygen atoms in total. The lowest BCUT2D eigenvalue weighted by atomic mass is 9.86. The summed E-state index contributed by atoms with van der Waals surface area (Å²) in [4.78, 5) is 11.1. The summed E-state index contributed by atoms with van der Waals surface area (Å²) in [5, 5.41) is 9.03. The van der Waals surface area contributed by atoms with Gasteiger partial charge in [-0.05, 0) is 6.08 Å². The van der Waals surface area contributed by atoms with Crippen LogP contribution in [0.5, 0.6) is 0 Å².